The van der Waals surface area contributed by atoms with Gasteiger partial charge < -0.3 is 10.4 Å². The summed E-state index contributed by atoms with van der Waals surface area (Å²) in [6.07, 6.45) is 8.56. The van der Waals surface area contributed by atoms with E-state index >= 15 is 0 Å². The molecule has 0 aromatic carbocycles. The Kier molecular flexibility index (Phi) is 4.51. The van der Waals surface area contributed by atoms with E-state index in [4.69, 9.17) is 0 Å². The van der Waals surface area contributed by atoms with E-state index in [0.717, 1.165) is 6.42 Å². The third-order valence-electron chi connectivity index (χ3n) is 3.79. The second-order valence-corrected chi connectivity index (χ2v) is 5.01. The summed E-state index contributed by atoms with van der Waals surface area (Å²) in [7, 11) is 0. The van der Waals surface area contributed by atoms with Gasteiger partial charge in [0.15, 0.2) is 0 Å². The Balaban J connectivity index is 1.95. The van der Waals surface area contributed by atoms with Crippen LogP contribution in [0.2, 0.25) is 0 Å². The number of aromatic nitrogens is 1. The van der Waals surface area contributed by atoms with Crippen molar-refractivity contribution in [2.45, 2.75) is 44.7 Å². The molecule has 3 heteroatoms. The van der Waals surface area contributed by atoms with Gasteiger partial charge in [0.05, 0.1) is 0 Å². The molecule has 0 radical (unpaired) electrons. The molecule has 2 rings (SSSR count). The number of nitrogens with one attached hydrogen (secondary N) is 1. The van der Waals surface area contributed by atoms with Crippen LogP contribution in [0.1, 0.15) is 44.2 Å². The van der Waals surface area contributed by atoms with Crippen LogP contribution in [0.25, 0.3) is 0 Å². The molecule has 1 saturated carbocycles. The molecule has 1 aromatic heterocycles. The zero-order valence-electron chi connectivity index (χ0n) is 10.5. The highest BCUT2D eigenvalue weighted by atomic mass is 16.3. The maximum Gasteiger partial charge on any atom is 0.0474 e. The Labute approximate surface area is 103 Å². The van der Waals surface area contributed by atoms with E-state index in [-0.39, 0.29) is 0 Å². The molecule has 17 heavy (non-hydrogen) atoms. The van der Waals surface area contributed by atoms with Crippen molar-refractivity contribution in [3.8, 4) is 0 Å². The van der Waals surface area contributed by atoms with E-state index in [1.165, 1.54) is 24.8 Å². The van der Waals surface area contributed by atoms with Crippen LogP contribution in [0.4, 0.5) is 0 Å². The Morgan fingerprint density at radius 3 is 3.00 bits per heavy atom. The molecule has 2 N–H and O–H groups in total. The van der Waals surface area contributed by atoms with Gasteiger partial charge in [-0.2, -0.15) is 0 Å². The summed E-state index contributed by atoms with van der Waals surface area (Å²) in [6.45, 7) is 2.47. The van der Waals surface area contributed by atoms with E-state index in [0.29, 0.717) is 24.6 Å². The molecular weight excluding hydrogens is 212 g/mol. The average Bonchev–Trinajstić information content (AvgIpc) is 2.40. The van der Waals surface area contributed by atoms with Gasteiger partial charge in [0.1, 0.15) is 0 Å². The van der Waals surface area contributed by atoms with Crippen LogP contribution in [-0.4, -0.2) is 22.7 Å². The second-order valence-electron chi connectivity index (χ2n) is 5.01. The number of hydrogen-bond donors (Lipinski definition) is 2. The predicted octanol–water partition coefficient (Wildman–Crippen LogP) is 2.28. The normalized spacial score (nSPS) is 26.7. The van der Waals surface area contributed by atoms with Crippen molar-refractivity contribution in [3.05, 3.63) is 30.1 Å². The molecule has 1 aliphatic carbocycles. The first-order valence-corrected chi connectivity index (χ1v) is 6.58. The molecule has 3 unspecified atom stereocenters. The van der Waals surface area contributed by atoms with E-state index in [2.05, 4.69) is 23.3 Å². The zero-order chi connectivity index (χ0) is 12.1. The molecule has 1 heterocycles. The molecule has 0 bridgehead atoms. The van der Waals surface area contributed by atoms with Gasteiger partial charge in [-0.3, -0.25) is 4.98 Å². The van der Waals surface area contributed by atoms with Crippen LogP contribution in [0.15, 0.2) is 24.5 Å². The monoisotopic (exact) mass is 234 g/mol. The summed E-state index contributed by atoms with van der Waals surface area (Å²) >= 11 is 0. The minimum atomic E-state index is 0.303. The van der Waals surface area contributed by atoms with Crippen molar-refractivity contribution in [1.29, 1.82) is 0 Å². The molecule has 0 saturated heterocycles. The lowest BCUT2D eigenvalue weighted by atomic mass is 9.84. The quantitative estimate of drug-likeness (QED) is 0.840. The first kappa shape index (κ1) is 12.5. The van der Waals surface area contributed by atoms with Crippen LogP contribution in [-0.2, 0) is 0 Å². The summed E-state index contributed by atoms with van der Waals surface area (Å²) < 4.78 is 0. The molecule has 0 aliphatic heterocycles. The van der Waals surface area contributed by atoms with Crippen LogP contribution >= 0.6 is 0 Å². The molecule has 3 atom stereocenters. The minimum absolute atomic E-state index is 0.303. The number of aliphatic hydroxyl groups excluding tert-OH is 1. The Morgan fingerprint density at radius 2 is 2.29 bits per heavy atom. The van der Waals surface area contributed by atoms with Crippen molar-refractivity contribution in [1.82, 2.24) is 10.3 Å². The highest BCUT2D eigenvalue weighted by molar-refractivity contribution is 5.13. The van der Waals surface area contributed by atoms with Crippen molar-refractivity contribution < 1.29 is 5.11 Å². The lowest BCUT2D eigenvalue weighted by Crippen LogP contribution is -2.41. The van der Waals surface area contributed by atoms with Crippen molar-refractivity contribution in [3.63, 3.8) is 0 Å². The molecular formula is C14H22N2O. The molecule has 0 amide bonds. The number of aliphatic hydroxyl groups is 1. The van der Waals surface area contributed by atoms with E-state index in [1.807, 2.05) is 12.3 Å². The zero-order valence-corrected chi connectivity index (χ0v) is 10.5. The average molecular weight is 234 g/mol. The van der Waals surface area contributed by atoms with Gasteiger partial charge in [-0.05, 0) is 37.3 Å². The summed E-state index contributed by atoms with van der Waals surface area (Å²) in [5.41, 5.74) is 1.22. The molecule has 94 valence electrons. The second kappa shape index (κ2) is 6.12. The largest absolute Gasteiger partial charge is 0.396 e. The van der Waals surface area contributed by atoms with Crippen LogP contribution in [0.3, 0.4) is 0 Å². The number of nitrogens with zero attached hydrogens (tertiary/aromatic N) is 1. The van der Waals surface area contributed by atoms with E-state index in [9.17, 15) is 5.11 Å². The van der Waals surface area contributed by atoms with Crippen molar-refractivity contribution >= 4 is 0 Å². The topological polar surface area (TPSA) is 45.1 Å². The fraction of sp³-hybridized carbons (Fsp3) is 0.643. The summed E-state index contributed by atoms with van der Waals surface area (Å²) in [5, 5.41) is 13.0. The fourth-order valence-electron chi connectivity index (χ4n) is 2.70. The third kappa shape index (κ3) is 3.27. The van der Waals surface area contributed by atoms with Crippen LogP contribution in [0, 0.1) is 5.92 Å². The van der Waals surface area contributed by atoms with E-state index in [1.54, 1.807) is 6.20 Å². The molecule has 1 fully saturated rings. The van der Waals surface area contributed by atoms with Gasteiger partial charge >= 0.3 is 0 Å². The number of pyridine rings is 1. The van der Waals surface area contributed by atoms with Gasteiger partial charge in [-0.25, -0.2) is 0 Å². The maximum atomic E-state index is 9.39. The first-order chi connectivity index (χ1) is 8.31. The molecule has 3 nitrogen and oxygen atoms in total. The Morgan fingerprint density at radius 1 is 1.47 bits per heavy atom. The van der Waals surface area contributed by atoms with Gasteiger partial charge in [-0.1, -0.05) is 18.9 Å². The number of hydrogen-bond acceptors (Lipinski definition) is 3. The molecule has 1 aliphatic rings. The molecule has 0 spiro atoms. The number of rotatable bonds is 4. The van der Waals surface area contributed by atoms with Crippen LogP contribution < -0.4 is 5.32 Å². The highest BCUT2D eigenvalue weighted by Crippen LogP contribution is 2.26. The van der Waals surface area contributed by atoms with Gasteiger partial charge in [0, 0.05) is 31.1 Å². The van der Waals surface area contributed by atoms with Crippen LogP contribution in [0.5, 0.6) is 0 Å². The van der Waals surface area contributed by atoms with E-state index < -0.39 is 0 Å². The van der Waals surface area contributed by atoms with Gasteiger partial charge in [-0.15, -0.1) is 0 Å². The highest BCUT2D eigenvalue weighted by Gasteiger charge is 2.25. The summed E-state index contributed by atoms with van der Waals surface area (Å²) in [5.74, 6) is 0.419. The lowest BCUT2D eigenvalue weighted by molar-refractivity contribution is 0.147. The Hall–Kier alpha value is -0.930. The smallest absolute Gasteiger partial charge is 0.0474 e. The standard InChI is InChI=1S/C14H22N2O/c1-11(12-6-4-8-15-9-12)16-14-7-3-2-5-13(14)10-17/h4,6,8-9,11,13-14,16-17H,2-3,5,7,10H2,1H3. The first-order valence-electron chi connectivity index (χ1n) is 6.58. The third-order valence-corrected chi connectivity index (χ3v) is 3.79. The lowest BCUT2D eigenvalue weighted by Gasteiger charge is -2.33. The minimum Gasteiger partial charge on any atom is -0.396 e. The van der Waals surface area contributed by atoms with Gasteiger partial charge in [0.25, 0.3) is 0 Å². The van der Waals surface area contributed by atoms with Crippen molar-refractivity contribution in [2.75, 3.05) is 6.61 Å². The molecule has 1 aromatic rings. The predicted molar refractivity (Wildman–Crippen MR) is 68.6 cm³/mol. The maximum absolute atomic E-state index is 9.39. The van der Waals surface area contributed by atoms with Crippen molar-refractivity contribution in [2.24, 2.45) is 5.92 Å². The van der Waals surface area contributed by atoms with Gasteiger partial charge in [0.2, 0.25) is 0 Å². The summed E-state index contributed by atoms with van der Waals surface area (Å²) in [6, 6.07) is 4.82. The fourth-order valence-corrected chi connectivity index (χ4v) is 2.70. The summed E-state index contributed by atoms with van der Waals surface area (Å²) in [4.78, 5) is 4.15. The SMILES string of the molecule is CC(NC1CCCCC1CO)c1cccnc1. The Bertz CT molecular complexity index is 328.